The van der Waals surface area contributed by atoms with Gasteiger partial charge in [-0.15, -0.1) is 0 Å². The third-order valence-electron chi connectivity index (χ3n) is 1.90. The van der Waals surface area contributed by atoms with E-state index in [0.29, 0.717) is 0 Å². The van der Waals surface area contributed by atoms with Crippen molar-refractivity contribution in [2.24, 2.45) is 5.73 Å². The smallest absolute Gasteiger partial charge is 0.130 e. The number of nitrogens with two attached hydrogens (primary N) is 1. The molecule has 78 valence electrons. The molecule has 5 heteroatoms. The van der Waals surface area contributed by atoms with Crippen molar-refractivity contribution in [3.63, 3.8) is 0 Å². The summed E-state index contributed by atoms with van der Waals surface area (Å²) in [5.41, 5.74) is 5.42. The standard InChI is InChI=1S/C9H11BrFNO2/c1-4(12)9(14)7-5(11)2-3-6(13)8(7)10/h2-4,9,13-14H,12H2,1H3. The molecule has 0 aliphatic rings. The Hall–Kier alpha value is -0.650. The number of hydrogen-bond donors (Lipinski definition) is 3. The summed E-state index contributed by atoms with van der Waals surface area (Å²) in [6.45, 7) is 1.56. The summed E-state index contributed by atoms with van der Waals surface area (Å²) in [5, 5.41) is 18.9. The van der Waals surface area contributed by atoms with E-state index < -0.39 is 18.0 Å². The van der Waals surface area contributed by atoms with Crippen molar-refractivity contribution in [2.45, 2.75) is 19.1 Å². The predicted octanol–water partition coefficient (Wildman–Crippen LogP) is 1.67. The Bertz CT molecular complexity index is 344. The summed E-state index contributed by atoms with van der Waals surface area (Å²) in [5.74, 6) is -0.722. The molecule has 1 rings (SSSR count). The molecule has 0 saturated carbocycles. The third kappa shape index (κ3) is 2.05. The van der Waals surface area contributed by atoms with Gasteiger partial charge in [0, 0.05) is 11.6 Å². The van der Waals surface area contributed by atoms with E-state index in [-0.39, 0.29) is 15.8 Å². The van der Waals surface area contributed by atoms with Gasteiger partial charge in [0.2, 0.25) is 0 Å². The lowest BCUT2D eigenvalue weighted by molar-refractivity contribution is 0.147. The Morgan fingerprint density at radius 1 is 1.50 bits per heavy atom. The normalized spacial score (nSPS) is 15.2. The van der Waals surface area contributed by atoms with E-state index in [1.165, 1.54) is 6.07 Å². The maximum Gasteiger partial charge on any atom is 0.130 e. The molecule has 2 unspecified atom stereocenters. The Morgan fingerprint density at radius 3 is 2.57 bits per heavy atom. The number of phenols is 1. The molecule has 3 nitrogen and oxygen atoms in total. The molecule has 0 aromatic heterocycles. The SMILES string of the molecule is CC(N)C(O)c1c(F)ccc(O)c1Br. The molecule has 1 aromatic carbocycles. The Morgan fingerprint density at radius 2 is 2.07 bits per heavy atom. The summed E-state index contributed by atoms with van der Waals surface area (Å²) in [6, 6.07) is 1.68. The van der Waals surface area contributed by atoms with Gasteiger partial charge in [-0.1, -0.05) is 0 Å². The average molecular weight is 264 g/mol. The zero-order valence-electron chi connectivity index (χ0n) is 7.54. The van der Waals surface area contributed by atoms with Gasteiger partial charge in [0.05, 0.1) is 10.6 Å². The average Bonchev–Trinajstić information content (AvgIpc) is 2.12. The molecule has 0 fully saturated rings. The first-order chi connectivity index (χ1) is 6.45. The van der Waals surface area contributed by atoms with E-state index in [9.17, 15) is 14.6 Å². The molecule has 0 amide bonds. The fraction of sp³-hybridized carbons (Fsp3) is 0.333. The molecule has 0 spiro atoms. The highest BCUT2D eigenvalue weighted by Gasteiger charge is 2.21. The quantitative estimate of drug-likeness (QED) is 0.761. The predicted molar refractivity (Wildman–Crippen MR) is 54.4 cm³/mol. The number of phenolic OH excluding ortho intramolecular Hbond substituents is 1. The number of aromatic hydroxyl groups is 1. The molecule has 14 heavy (non-hydrogen) atoms. The fourth-order valence-corrected chi connectivity index (χ4v) is 1.65. The van der Waals surface area contributed by atoms with E-state index in [2.05, 4.69) is 15.9 Å². The number of benzene rings is 1. The van der Waals surface area contributed by atoms with Gasteiger partial charge < -0.3 is 15.9 Å². The second-order valence-corrected chi connectivity index (χ2v) is 3.89. The van der Waals surface area contributed by atoms with Crippen LogP contribution in [0, 0.1) is 5.82 Å². The number of rotatable bonds is 2. The van der Waals surface area contributed by atoms with Crippen LogP contribution >= 0.6 is 15.9 Å². The van der Waals surface area contributed by atoms with Crippen LogP contribution in [-0.2, 0) is 0 Å². The van der Waals surface area contributed by atoms with Gasteiger partial charge in [-0.3, -0.25) is 0 Å². The van der Waals surface area contributed by atoms with Gasteiger partial charge in [0.15, 0.2) is 0 Å². The van der Waals surface area contributed by atoms with E-state index in [1.54, 1.807) is 6.92 Å². The molecule has 0 aliphatic heterocycles. The number of hydrogen-bond acceptors (Lipinski definition) is 3. The maximum absolute atomic E-state index is 13.3. The van der Waals surface area contributed by atoms with Crippen LogP contribution in [-0.4, -0.2) is 16.3 Å². The molecule has 2 atom stereocenters. The summed E-state index contributed by atoms with van der Waals surface area (Å²) in [4.78, 5) is 0. The van der Waals surface area contributed by atoms with E-state index in [1.807, 2.05) is 0 Å². The van der Waals surface area contributed by atoms with Gasteiger partial charge in [-0.2, -0.15) is 0 Å². The van der Waals surface area contributed by atoms with Gasteiger partial charge in [-0.05, 0) is 35.0 Å². The second kappa shape index (κ2) is 4.25. The lowest BCUT2D eigenvalue weighted by Crippen LogP contribution is -2.25. The minimum atomic E-state index is -1.14. The molecule has 1 aromatic rings. The minimum absolute atomic E-state index is 0.0139. The monoisotopic (exact) mass is 263 g/mol. The Kier molecular flexibility index (Phi) is 3.47. The highest BCUT2D eigenvalue weighted by molar-refractivity contribution is 9.10. The molecular weight excluding hydrogens is 253 g/mol. The molecule has 0 aliphatic carbocycles. The summed E-state index contributed by atoms with van der Waals surface area (Å²) in [6.07, 6.45) is -1.14. The van der Waals surface area contributed by atoms with E-state index >= 15 is 0 Å². The molecule has 0 heterocycles. The lowest BCUT2D eigenvalue weighted by Gasteiger charge is -2.17. The van der Waals surface area contributed by atoms with Crippen LogP contribution in [0.25, 0.3) is 0 Å². The topological polar surface area (TPSA) is 66.5 Å². The number of aliphatic hydroxyl groups is 1. The number of halogens is 2. The number of aliphatic hydroxyl groups excluding tert-OH is 1. The van der Waals surface area contributed by atoms with Crippen molar-refractivity contribution in [3.8, 4) is 5.75 Å². The highest BCUT2D eigenvalue weighted by Crippen LogP contribution is 2.34. The third-order valence-corrected chi connectivity index (χ3v) is 2.73. The van der Waals surface area contributed by atoms with Gasteiger partial charge >= 0.3 is 0 Å². The Labute approximate surface area is 89.5 Å². The van der Waals surface area contributed by atoms with E-state index in [0.717, 1.165) is 6.07 Å². The zero-order chi connectivity index (χ0) is 10.9. The van der Waals surface area contributed by atoms with Crippen molar-refractivity contribution >= 4 is 15.9 Å². The van der Waals surface area contributed by atoms with Crippen molar-refractivity contribution in [2.75, 3.05) is 0 Å². The van der Waals surface area contributed by atoms with Crippen LogP contribution in [0.3, 0.4) is 0 Å². The van der Waals surface area contributed by atoms with Gasteiger partial charge in [-0.25, -0.2) is 4.39 Å². The van der Waals surface area contributed by atoms with Crippen LogP contribution in [0.5, 0.6) is 5.75 Å². The largest absolute Gasteiger partial charge is 0.507 e. The molecule has 4 N–H and O–H groups in total. The van der Waals surface area contributed by atoms with Gasteiger partial charge in [0.1, 0.15) is 11.6 Å². The summed E-state index contributed by atoms with van der Waals surface area (Å²) < 4.78 is 13.4. The van der Waals surface area contributed by atoms with Crippen molar-refractivity contribution < 1.29 is 14.6 Å². The second-order valence-electron chi connectivity index (χ2n) is 3.10. The fourth-order valence-electron chi connectivity index (χ4n) is 1.09. The summed E-state index contributed by atoms with van der Waals surface area (Å²) >= 11 is 2.99. The summed E-state index contributed by atoms with van der Waals surface area (Å²) in [7, 11) is 0. The first kappa shape index (κ1) is 11.4. The van der Waals surface area contributed by atoms with Crippen LogP contribution in [0.15, 0.2) is 16.6 Å². The minimum Gasteiger partial charge on any atom is -0.507 e. The zero-order valence-corrected chi connectivity index (χ0v) is 9.12. The van der Waals surface area contributed by atoms with Crippen molar-refractivity contribution in [3.05, 3.63) is 28.0 Å². The highest BCUT2D eigenvalue weighted by atomic mass is 79.9. The van der Waals surface area contributed by atoms with Gasteiger partial charge in [0.25, 0.3) is 0 Å². The maximum atomic E-state index is 13.3. The molecule has 0 saturated heterocycles. The van der Waals surface area contributed by atoms with Crippen molar-refractivity contribution in [1.82, 2.24) is 0 Å². The van der Waals surface area contributed by atoms with Crippen LogP contribution in [0.1, 0.15) is 18.6 Å². The van der Waals surface area contributed by atoms with Crippen LogP contribution < -0.4 is 5.73 Å². The molecule has 0 radical (unpaired) electrons. The Balaban J connectivity index is 3.25. The molecule has 0 bridgehead atoms. The van der Waals surface area contributed by atoms with E-state index in [4.69, 9.17) is 5.73 Å². The lowest BCUT2D eigenvalue weighted by atomic mass is 10.0. The molecular formula is C9H11BrFNO2. The first-order valence-electron chi connectivity index (χ1n) is 4.05. The van der Waals surface area contributed by atoms with Crippen LogP contribution in [0.2, 0.25) is 0 Å². The first-order valence-corrected chi connectivity index (χ1v) is 4.85. The van der Waals surface area contributed by atoms with Crippen LogP contribution in [0.4, 0.5) is 4.39 Å². The van der Waals surface area contributed by atoms with Crippen molar-refractivity contribution in [1.29, 1.82) is 0 Å².